The van der Waals surface area contributed by atoms with E-state index in [1.165, 1.54) is 19.3 Å². The van der Waals surface area contributed by atoms with Gasteiger partial charge in [-0.3, -0.25) is 0 Å². The summed E-state index contributed by atoms with van der Waals surface area (Å²) in [5.41, 5.74) is 0. The first-order valence-corrected chi connectivity index (χ1v) is 7.81. The molecule has 2 N–H and O–H groups in total. The quantitative estimate of drug-likeness (QED) is 0.843. The molecule has 1 aromatic rings. The molecule has 0 radical (unpaired) electrons. The lowest BCUT2D eigenvalue weighted by atomic mass is 10.1. The number of hydrogen-bond donors (Lipinski definition) is 2. The average Bonchev–Trinajstić information content (AvgIpc) is 2.83. The van der Waals surface area contributed by atoms with E-state index in [2.05, 4.69) is 12.2 Å². The van der Waals surface area contributed by atoms with Crippen molar-refractivity contribution in [2.24, 2.45) is 5.92 Å². The summed E-state index contributed by atoms with van der Waals surface area (Å²) in [5.74, 6) is 1.31. The number of halogens is 2. The summed E-state index contributed by atoms with van der Waals surface area (Å²) in [5, 5.41) is 14.3. The number of hydrogen-bond acceptors (Lipinski definition) is 3. The molecular formula is C15H21Cl2NO2. The van der Waals surface area contributed by atoms with Gasteiger partial charge in [-0.15, -0.1) is 0 Å². The Morgan fingerprint density at radius 3 is 2.80 bits per heavy atom. The third-order valence-electron chi connectivity index (χ3n) is 3.81. The minimum Gasteiger partial charge on any atom is -0.491 e. The van der Waals surface area contributed by atoms with Crippen molar-refractivity contribution in [3.63, 3.8) is 0 Å². The van der Waals surface area contributed by atoms with Crippen LogP contribution in [-0.4, -0.2) is 30.4 Å². The van der Waals surface area contributed by atoms with E-state index in [9.17, 15) is 5.11 Å². The molecule has 0 aliphatic heterocycles. The smallest absolute Gasteiger partial charge is 0.121 e. The largest absolute Gasteiger partial charge is 0.491 e. The summed E-state index contributed by atoms with van der Waals surface area (Å²) in [6.45, 7) is 3.05. The number of aliphatic hydroxyl groups is 1. The molecule has 1 saturated carbocycles. The summed E-state index contributed by atoms with van der Waals surface area (Å²) in [4.78, 5) is 0. The lowest BCUT2D eigenvalue weighted by molar-refractivity contribution is 0.102. The van der Waals surface area contributed by atoms with Gasteiger partial charge >= 0.3 is 0 Å². The van der Waals surface area contributed by atoms with Gasteiger partial charge in [-0.25, -0.2) is 0 Å². The fraction of sp³-hybridized carbons (Fsp3) is 0.600. The first-order chi connectivity index (χ1) is 9.56. The number of benzene rings is 1. The van der Waals surface area contributed by atoms with E-state index in [1.54, 1.807) is 18.2 Å². The molecule has 5 heteroatoms. The molecule has 3 atom stereocenters. The monoisotopic (exact) mass is 317 g/mol. The van der Waals surface area contributed by atoms with Gasteiger partial charge in [0.1, 0.15) is 18.5 Å². The van der Waals surface area contributed by atoms with Gasteiger partial charge in [-0.1, -0.05) is 36.5 Å². The molecule has 3 nitrogen and oxygen atoms in total. The summed E-state index contributed by atoms with van der Waals surface area (Å²) in [7, 11) is 0. The Morgan fingerprint density at radius 1 is 1.35 bits per heavy atom. The maximum atomic E-state index is 9.93. The molecule has 1 aliphatic rings. The number of aliphatic hydroxyl groups excluding tert-OH is 1. The van der Waals surface area contributed by atoms with Crippen LogP contribution in [0.15, 0.2) is 18.2 Å². The van der Waals surface area contributed by atoms with Gasteiger partial charge in [0.25, 0.3) is 0 Å². The van der Waals surface area contributed by atoms with E-state index >= 15 is 0 Å². The van der Waals surface area contributed by atoms with Gasteiger partial charge in [-0.2, -0.15) is 0 Å². The summed E-state index contributed by atoms with van der Waals surface area (Å²) in [6.07, 6.45) is 3.21. The Kier molecular flexibility index (Phi) is 5.97. The second-order valence-electron chi connectivity index (χ2n) is 5.46. The van der Waals surface area contributed by atoms with Crippen molar-refractivity contribution in [3.05, 3.63) is 28.2 Å². The Morgan fingerprint density at radius 2 is 2.15 bits per heavy atom. The van der Waals surface area contributed by atoms with E-state index < -0.39 is 6.10 Å². The second-order valence-corrected chi connectivity index (χ2v) is 6.28. The predicted molar refractivity (Wildman–Crippen MR) is 82.8 cm³/mol. The standard InChI is InChI=1S/C15H21Cl2NO2/c1-10-3-2-4-15(10)18-8-11(19)9-20-12-5-6-13(16)14(17)7-12/h5-7,10-11,15,18-19H,2-4,8-9H2,1H3. The third kappa shape index (κ3) is 4.52. The summed E-state index contributed by atoms with van der Waals surface area (Å²) in [6, 6.07) is 5.61. The predicted octanol–water partition coefficient (Wildman–Crippen LogP) is 3.51. The summed E-state index contributed by atoms with van der Waals surface area (Å²) >= 11 is 11.7. The molecule has 0 bridgehead atoms. The topological polar surface area (TPSA) is 41.5 Å². The van der Waals surface area contributed by atoms with Crippen LogP contribution in [0.2, 0.25) is 10.0 Å². The lowest BCUT2D eigenvalue weighted by Gasteiger charge is -2.20. The fourth-order valence-electron chi connectivity index (χ4n) is 2.55. The third-order valence-corrected chi connectivity index (χ3v) is 4.55. The first-order valence-electron chi connectivity index (χ1n) is 7.05. The fourth-order valence-corrected chi connectivity index (χ4v) is 2.84. The van der Waals surface area contributed by atoms with Crippen LogP contribution in [0.5, 0.6) is 5.75 Å². The zero-order valence-corrected chi connectivity index (χ0v) is 13.1. The molecule has 0 spiro atoms. The zero-order valence-electron chi connectivity index (χ0n) is 11.6. The highest BCUT2D eigenvalue weighted by Gasteiger charge is 2.23. The van der Waals surface area contributed by atoms with Gasteiger partial charge in [0.05, 0.1) is 10.0 Å². The van der Waals surface area contributed by atoms with Gasteiger partial charge in [0.15, 0.2) is 0 Å². The lowest BCUT2D eigenvalue weighted by Crippen LogP contribution is -2.39. The van der Waals surface area contributed by atoms with Crippen LogP contribution in [0.4, 0.5) is 0 Å². The van der Waals surface area contributed by atoms with E-state index in [-0.39, 0.29) is 6.61 Å². The number of rotatable bonds is 6. The van der Waals surface area contributed by atoms with E-state index in [4.69, 9.17) is 27.9 Å². The maximum absolute atomic E-state index is 9.93. The van der Waals surface area contributed by atoms with Crippen molar-refractivity contribution < 1.29 is 9.84 Å². The Bertz CT molecular complexity index is 442. The molecule has 1 aromatic carbocycles. The highest BCUT2D eigenvalue weighted by Crippen LogP contribution is 2.26. The molecule has 1 fully saturated rings. The van der Waals surface area contributed by atoms with Crippen LogP contribution in [-0.2, 0) is 0 Å². The molecular weight excluding hydrogens is 297 g/mol. The SMILES string of the molecule is CC1CCCC1NCC(O)COc1ccc(Cl)c(Cl)c1. The van der Waals surface area contributed by atoms with Crippen molar-refractivity contribution in [2.45, 2.75) is 38.3 Å². The van der Waals surface area contributed by atoms with Crippen molar-refractivity contribution in [1.29, 1.82) is 0 Å². The molecule has 112 valence electrons. The van der Waals surface area contributed by atoms with Crippen molar-refractivity contribution in [1.82, 2.24) is 5.32 Å². The zero-order chi connectivity index (χ0) is 14.5. The molecule has 1 aliphatic carbocycles. The molecule has 3 unspecified atom stereocenters. The molecule has 0 heterocycles. The first kappa shape index (κ1) is 15.9. The van der Waals surface area contributed by atoms with E-state index in [0.29, 0.717) is 34.3 Å². The van der Waals surface area contributed by atoms with Crippen LogP contribution >= 0.6 is 23.2 Å². The normalized spacial score (nSPS) is 23.8. The minimum absolute atomic E-state index is 0.242. The Balaban J connectivity index is 1.71. The molecule has 0 aromatic heterocycles. The number of ether oxygens (including phenoxy) is 1. The highest BCUT2D eigenvalue weighted by molar-refractivity contribution is 6.42. The van der Waals surface area contributed by atoms with Crippen LogP contribution in [0.25, 0.3) is 0 Å². The average molecular weight is 318 g/mol. The molecule has 0 saturated heterocycles. The van der Waals surface area contributed by atoms with Gasteiger partial charge in [0, 0.05) is 18.7 Å². The van der Waals surface area contributed by atoms with Gasteiger partial charge in [-0.05, 0) is 30.9 Å². The molecule has 2 rings (SSSR count). The molecule has 0 amide bonds. The maximum Gasteiger partial charge on any atom is 0.121 e. The van der Waals surface area contributed by atoms with Crippen molar-refractivity contribution >= 4 is 23.2 Å². The van der Waals surface area contributed by atoms with Gasteiger partial charge < -0.3 is 15.2 Å². The van der Waals surface area contributed by atoms with Crippen molar-refractivity contribution in [3.8, 4) is 5.75 Å². The van der Waals surface area contributed by atoms with E-state index in [1.807, 2.05) is 0 Å². The van der Waals surface area contributed by atoms with Crippen LogP contribution in [0.3, 0.4) is 0 Å². The van der Waals surface area contributed by atoms with Gasteiger partial charge in [0.2, 0.25) is 0 Å². The Hall–Kier alpha value is -0.480. The van der Waals surface area contributed by atoms with Crippen LogP contribution < -0.4 is 10.1 Å². The second kappa shape index (κ2) is 7.51. The minimum atomic E-state index is -0.530. The Labute approximate surface area is 130 Å². The highest BCUT2D eigenvalue weighted by atomic mass is 35.5. The number of nitrogens with one attached hydrogen (secondary N) is 1. The van der Waals surface area contributed by atoms with Crippen LogP contribution in [0.1, 0.15) is 26.2 Å². The van der Waals surface area contributed by atoms with Crippen molar-refractivity contribution in [2.75, 3.05) is 13.2 Å². The molecule has 20 heavy (non-hydrogen) atoms. The van der Waals surface area contributed by atoms with E-state index in [0.717, 1.165) is 0 Å². The summed E-state index contributed by atoms with van der Waals surface area (Å²) < 4.78 is 5.51. The van der Waals surface area contributed by atoms with Crippen LogP contribution in [0, 0.1) is 5.92 Å².